The Morgan fingerprint density at radius 1 is 1.19 bits per heavy atom. The number of fused-ring (bicyclic) bond motifs is 1. The first kappa shape index (κ1) is 8.90. The first-order valence-corrected chi connectivity index (χ1v) is 4.80. The molecule has 1 aliphatic rings. The van der Waals surface area contributed by atoms with Gasteiger partial charge in [0.1, 0.15) is 0 Å². The fourth-order valence-corrected chi connectivity index (χ4v) is 1.76. The fraction of sp³-hybridized carbons (Fsp3) is 0.100. The summed E-state index contributed by atoms with van der Waals surface area (Å²) in [6.45, 7) is 0.321. The number of amides is 1. The van der Waals surface area contributed by atoms with Crippen LogP contribution in [0, 0.1) is 0 Å². The maximum absolute atomic E-state index is 11.9. The third-order valence-corrected chi connectivity index (χ3v) is 2.49. The van der Waals surface area contributed by atoms with Crippen LogP contribution in [-0.2, 0) is 6.54 Å². The monoisotopic (exact) mass is 216 g/mol. The van der Waals surface area contributed by atoms with Crippen LogP contribution in [0.1, 0.15) is 5.82 Å². The molecule has 0 aliphatic carbocycles. The molecule has 2 aromatic rings. The van der Waals surface area contributed by atoms with Crippen LogP contribution >= 0.6 is 0 Å². The number of aromatic nitrogens is 3. The molecular formula is C10H8N4O2. The molecule has 1 aromatic heterocycles. The number of nitrogens with zero attached hydrogens (tertiary/aromatic N) is 3. The zero-order valence-corrected chi connectivity index (χ0v) is 8.25. The van der Waals surface area contributed by atoms with Crippen molar-refractivity contribution >= 4 is 11.7 Å². The van der Waals surface area contributed by atoms with Crippen molar-refractivity contribution in [2.24, 2.45) is 0 Å². The van der Waals surface area contributed by atoms with Crippen molar-refractivity contribution < 1.29 is 4.79 Å². The molecular weight excluding hydrogens is 208 g/mol. The SMILES string of the molecule is O=C1N(c2ccccc2)Cc2nc(=O)[nH]n21. The summed E-state index contributed by atoms with van der Waals surface area (Å²) in [5.74, 6) is 0.443. The van der Waals surface area contributed by atoms with E-state index in [-0.39, 0.29) is 6.03 Å². The van der Waals surface area contributed by atoms with Crippen molar-refractivity contribution in [1.82, 2.24) is 14.8 Å². The molecule has 0 bridgehead atoms. The highest BCUT2D eigenvalue weighted by Crippen LogP contribution is 2.21. The first-order chi connectivity index (χ1) is 7.75. The minimum absolute atomic E-state index is 0.282. The van der Waals surface area contributed by atoms with Gasteiger partial charge in [-0.2, -0.15) is 9.67 Å². The summed E-state index contributed by atoms with van der Waals surface area (Å²) in [5.41, 5.74) is 0.301. The third kappa shape index (κ3) is 1.16. The summed E-state index contributed by atoms with van der Waals surface area (Å²) in [6, 6.07) is 8.98. The maximum atomic E-state index is 11.9. The molecule has 6 heteroatoms. The highest BCUT2D eigenvalue weighted by Gasteiger charge is 2.30. The van der Waals surface area contributed by atoms with E-state index in [0.29, 0.717) is 12.4 Å². The second-order valence-corrected chi connectivity index (χ2v) is 3.48. The molecule has 0 unspecified atom stereocenters. The Morgan fingerprint density at radius 3 is 2.62 bits per heavy atom. The number of carbonyl (C=O) groups excluding carboxylic acids is 1. The summed E-state index contributed by atoms with van der Waals surface area (Å²) in [4.78, 5) is 28.1. The number of para-hydroxylation sites is 1. The number of hydrogen-bond acceptors (Lipinski definition) is 3. The van der Waals surface area contributed by atoms with Gasteiger partial charge in [0.05, 0.1) is 6.54 Å². The van der Waals surface area contributed by atoms with Crippen molar-refractivity contribution in [3.63, 3.8) is 0 Å². The Hall–Kier alpha value is -2.37. The number of carbonyl (C=O) groups is 1. The Labute approximate surface area is 90.1 Å². The van der Waals surface area contributed by atoms with E-state index in [1.807, 2.05) is 30.3 Å². The quantitative estimate of drug-likeness (QED) is 0.757. The molecule has 6 nitrogen and oxygen atoms in total. The predicted octanol–water partition coefficient (Wildman–Crippen LogP) is 0.560. The van der Waals surface area contributed by atoms with E-state index in [1.54, 1.807) is 4.90 Å². The topological polar surface area (TPSA) is 71.0 Å². The van der Waals surface area contributed by atoms with Crippen LogP contribution in [0.2, 0.25) is 0 Å². The molecule has 1 amide bonds. The normalized spacial score (nSPS) is 14.2. The average Bonchev–Trinajstić information content (AvgIpc) is 2.79. The molecule has 0 fully saturated rings. The molecule has 1 aromatic carbocycles. The van der Waals surface area contributed by atoms with Gasteiger partial charge < -0.3 is 0 Å². The van der Waals surface area contributed by atoms with E-state index in [2.05, 4.69) is 10.1 Å². The number of benzene rings is 1. The van der Waals surface area contributed by atoms with Crippen LogP contribution in [0.3, 0.4) is 0 Å². The van der Waals surface area contributed by atoms with Gasteiger partial charge in [0.2, 0.25) is 0 Å². The van der Waals surface area contributed by atoms with Gasteiger partial charge in [-0.25, -0.2) is 14.7 Å². The van der Waals surface area contributed by atoms with Crippen molar-refractivity contribution in [2.75, 3.05) is 4.90 Å². The number of aromatic amines is 1. The van der Waals surface area contributed by atoms with Gasteiger partial charge in [-0.3, -0.25) is 4.90 Å². The lowest BCUT2D eigenvalue weighted by Crippen LogP contribution is -2.28. The highest BCUT2D eigenvalue weighted by molar-refractivity contribution is 5.95. The van der Waals surface area contributed by atoms with Crippen LogP contribution in [0.4, 0.5) is 10.5 Å². The Kier molecular flexibility index (Phi) is 1.70. The van der Waals surface area contributed by atoms with E-state index >= 15 is 0 Å². The number of anilines is 1. The number of hydrogen-bond donors (Lipinski definition) is 1. The Morgan fingerprint density at radius 2 is 1.94 bits per heavy atom. The Balaban J connectivity index is 2.02. The predicted molar refractivity (Wildman–Crippen MR) is 56.3 cm³/mol. The van der Waals surface area contributed by atoms with Crippen LogP contribution in [0.5, 0.6) is 0 Å². The highest BCUT2D eigenvalue weighted by atomic mass is 16.2. The van der Waals surface area contributed by atoms with Crippen molar-refractivity contribution in [3.05, 3.63) is 46.6 Å². The standard InChI is InChI=1S/C10H8N4O2/c15-9-11-8-6-13(10(16)14(8)12-9)7-4-2-1-3-5-7/h1-5H,6H2,(H,12,15). The summed E-state index contributed by atoms with van der Waals surface area (Å²) in [7, 11) is 0. The molecule has 0 saturated carbocycles. The summed E-state index contributed by atoms with van der Waals surface area (Å²) >= 11 is 0. The minimum Gasteiger partial charge on any atom is -0.285 e. The van der Waals surface area contributed by atoms with E-state index in [1.165, 1.54) is 4.68 Å². The van der Waals surface area contributed by atoms with Gasteiger partial charge in [0.15, 0.2) is 5.82 Å². The second kappa shape index (κ2) is 3.06. The largest absolute Gasteiger partial charge is 0.362 e. The third-order valence-electron chi connectivity index (χ3n) is 2.49. The first-order valence-electron chi connectivity index (χ1n) is 4.80. The fourth-order valence-electron chi connectivity index (χ4n) is 1.76. The van der Waals surface area contributed by atoms with Gasteiger partial charge >= 0.3 is 11.7 Å². The van der Waals surface area contributed by atoms with Crippen molar-refractivity contribution in [1.29, 1.82) is 0 Å². The van der Waals surface area contributed by atoms with Gasteiger partial charge in [-0.15, -0.1) is 0 Å². The lowest BCUT2D eigenvalue weighted by Gasteiger charge is -2.13. The molecule has 0 spiro atoms. The summed E-state index contributed by atoms with van der Waals surface area (Å²) in [5, 5.41) is 2.36. The van der Waals surface area contributed by atoms with Gasteiger partial charge in [0.25, 0.3) is 0 Å². The molecule has 1 aliphatic heterocycles. The minimum atomic E-state index is -0.490. The van der Waals surface area contributed by atoms with E-state index in [0.717, 1.165) is 5.69 Å². The molecule has 1 N–H and O–H groups in total. The zero-order valence-electron chi connectivity index (χ0n) is 8.25. The summed E-state index contributed by atoms with van der Waals surface area (Å²) in [6.07, 6.45) is 0. The van der Waals surface area contributed by atoms with E-state index in [4.69, 9.17) is 0 Å². The Bertz CT molecular complexity index is 599. The molecule has 16 heavy (non-hydrogen) atoms. The lowest BCUT2D eigenvalue weighted by molar-refractivity contribution is 0.248. The number of nitrogens with one attached hydrogen (secondary N) is 1. The van der Waals surface area contributed by atoms with Crippen LogP contribution in [0.15, 0.2) is 35.1 Å². The second-order valence-electron chi connectivity index (χ2n) is 3.48. The van der Waals surface area contributed by atoms with Crippen molar-refractivity contribution in [2.45, 2.75) is 6.54 Å². The smallest absolute Gasteiger partial charge is 0.285 e. The van der Waals surface area contributed by atoms with Crippen molar-refractivity contribution in [3.8, 4) is 0 Å². The molecule has 3 rings (SSSR count). The van der Waals surface area contributed by atoms with E-state index in [9.17, 15) is 9.59 Å². The van der Waals surface area contributed by atoms with Gasteiger partial charge in [0, 0.05) is 5.69 Å². The van der Waals surface area contributed by atoms with Crippen LogP contribution < -0.4 is 10.6 Å². The zero-order chi connectivity index (χ0) is 11.1. The number of H-pyrrole nitrogens is 1. The van der Waals surface area contributed by atoms with Crippen LogP contribution in [-0.4, -0.2) is 20.8 Å². The number of rotatable bonds is 1. The van der Waals surface area contributed by atoms with E-state index < -0.39 is 5.69 Å². The molecule has 0 saturated heterocycles. The molecule has 0 atom stereocenters. The van der Waals surface area contributed by atoms with Gasteiger partial charge in [-0.1, -0.05) is 18.2 Å². The molecule has 0 radical (unpaired) electrons. The average molecular weight is 216 g/mol. The lowest BCUT2D eigenvalue weighted by atomic mass is 10.3. The molecule has 2 heterocycles. The summed E-state index contributed by atoms with van der Waals surface area (Å²) < 4.78 is 1.18. The van der Waals surface area contributed by atoms with Gasteiger partial charge in [-0.05, 0) is 12.1 Å². The maximum Gasteiger partial charge on any atom is 0.362 e. The molecule has 80 valence electrons. The van der Waals surface area contributed by atoms with Crippen LogP contribution in [0.25, 0.3) is 0 Å².